The van der Waals surface area contributed by atoms with E-state index in [1.54, 1.807) is 11.3 Å². The minimum Gasteiger partial charge on any atom is -0.367 e. The number of halogens is 1. The summed E-state index contributed by atoms with van der Waals surface area (Å²) in [4.78, 5) is 11.0. The molecule has 0 unspecified atom stereocenters. The van der Waals surface area contributed by atoms with E-state index in [1.807, 2.05) is 0 Å². The van der Waals surface area contributed by atoms with Gasteiger partial charge in [-0.25, -0.2) is 9.97 Å². The van der Waals surface area contributed by atoms with Crippen LogP contribution in [0.2, 0.25) is 5.28 Å². The van der Waals surface area contributed by atoms with E-state index in [1.165, 1.54) is 43.4 Å². The fraction of sp³-hybridized carbons (Fsp3) is 0.625. The van der Waals surface area contributed by atoms with Crippen LogP contribution in [-0.2, 0) is 0 Å². The third kappa shape index (κ3) is 3.49. The second kappa shape index (κ2) is 6.49. The van der Waals surface area contributed by atoms with Gasteiger partial charge in [0.25, 0.3) is 0 Å². The van der Waals surface area contributed by atoms with Crippen LogP contribution in [0.4, 0.5) is 5.82 Å². The number of fused-ring (bicyclic) bond motifs is 1. The quantitative estimate of drug-likeness (QED) is 0.763. The molecule has 0 saturated heterocycles. The van der Waals surface area contributed by atoms with Crippen LogP contribution in [0.3, 0.4) is 0 Å². The number of nitrogens with zero attached hydrogens (tertiary/aromatic N) is 2. The van der Waals surface area contributed by atoms with E-state index >= 15 is 0 Å². The van der Waals surface area contributed by atoms with Crippen LogP contribution in [-0.4, -0.2) is 16.0 Å². The van der Waals surface area contributed by atoms with Gasteiger partial charge in [-0.05, 0) is 56.2 Å². The molecule has 0 atom stereocenters. The summed E-state index contributed by atoms with van der Waals surface area (Å²) in [5, 5.41) is 5.06. The van der Waals surface area contributed by atoms with Gasteiger partial charge in [-0.1, -0.05) is 19.8 Å². The van der Waals surface area contributed by atoms with Crippen LogP contribution < -0.4 is 5.32 Å². The molecular weight excluding hydrogens is 302 g/mol. The van der Waals surface area contributed by atoms with Gasteiger partial charge in [0.2, 0.25) is 5.28 Å². The summed E-state index contributed by atoms with van der Waals surface area (Å²) in [6.07, 6.45) is 7.80. The van der Waals surface area contributed by atoms with Gasteiger partial charge in [-0.3, -0.25) is 0 Å². The number of hydrogen-bond donors (Lipinski definition) is 1. The van der Waals surface area contributed by atoms with Gasteiger partial charge in [0.15, 0.2) is 0 Å². The summed E-state index contributed by atoms with van der Waals surface area (Å²) >= 11 is 7.73. The van der Waals surface area contributed by atoms with Crippen molar-refractivity contribution in [2.45, 2.75) is 58.4 Å². The zero-order valence-electron chi connectivity index (χ0n) is 12.7. The minimum atomic E-state index is 0.339. The molecule has 0 aliphatic heterocycles. The van der Waals surface area contributed by atoms with Gasteiger partial charge in [-0.2, -0.15) is 0 Å². The molecule has 2 aromatic heterocycles. The fourth-order valence-electron chi connectivity index (χ4n) is 3.32. The number of hydrogen-bond acceptors (Lipinski definition) is 4. The van der Waals surface area contributed by atoms with Crippen LogP contribution in [0.1, 0.15) is 50.3 Å². The smallest absolute Gasteiger partial charge is 0.225 e. The molecule has 5 heteroatoms. The van der Waals surface area contributed by atoms with Crippen molar-refractivity contribution >= 4 is 39.0 Å². The van der Waals surface area contributed by atoms with Crippen LogP contribution in [0.5, 0.6) is 0 Å². The normalized spacial score (nSPS) is 22.6. The lowest BCUT2D eigenvalue weighted by Crippen LogP contribution is -2.26. The Hall–Kier alpha value is -0.870. The van der Waals surface area contributed by atoms with Crippen molar-refractivity contribution < 1.29 is 0 Å². The van der Waals surface area contributed by atoms with E-state index in [0.717, 1.165) is 22.0 Å². The van der Waals surface area contributed by atoms with Crippen LogP contribution in [0, 0.1) is 12.8 Å². The van der Waals surface area contributed by atoms with Crippen LogP contribution in [0.15, 0.2) is 6.07 Å². The molecule has 1 fully saturated rings. The summed E-state index contributed by atoms with van der Waals surface area (Å²) in [5.41, 5.74) is 0. The van der Waals surface area contributed by atoms with Crippen LogP contribution in [0.25, 0.3) is 10.2 Å². The minimum absolute atomic E-state index is 0.339. The number of nitrogens with one attached hydrogen (secondary N) is 1. The Morgan fingerprint density at radius 3 is 2.76 bits per heavy atom. The number of anilines is 1. The molecule has 1 aliphatic carbocycles. The summed E-state index contributed by atoms with van der Waals surface area (Å²) < 4.78 is 0. The van der Waals surface area contributed by atoms with Crippen molar-refractivity contribution in [2.24, 2.45) is 5.92 Å². The van der Waals surface area contributed by atoms with E-state index in [9.17, 15) is 0 Å². The number of rotatable bonds is 4. The highest BCUT2D eigenvalue weighted by Crippen LogP contribution is 2.33. The number of aromatic nitrogens is 2. The predicted molar refractivity (Wildman–Crippen MR) is 91.4 cm³/mol. The average Bonchev–Trinajstić information content (AvgIpc) is 2.81. The molecule has 0 amide bonds. The van der Waals surface area contributed by atoms with Gasteiger partial charge in [0, 0.05) is 10.9 Å². The molecule has 0 spiro atoms. The molecule has 1 saturated carbocycles. The van der Waals surface area contributed by atoms with Crippen molar-refractivity contribution in [3.8, 4) is 0 Å². The monoisotopic (exact) mass is 323 g/mol. The van der Waals surface area contributed by atoms with Gasteiger partial charge in [0.1, 0.15) is 10.6 Å². The van der Waals surface area contributed by atoms with E-state index < -0.39 is 0 Å². The second-order valence-corrected chi connectivity index (χ2v) is 7.64. The summed E-state index contributed by atoms with van der Waals surface area (Å²) in [5.74, 6) is 1.83. The zero-order valence-corrected chi connectivity index (χ0v) is 14.2. The van der Waals surface area contributed by atoms with Crippen molar-refractivity contribution in [3.63, 3.8) is 0 Å². The predicted octanol–water partition coefficient (Wildman–Crippen LogP) is 5.42. The Kier molecular flexibility index (Phi) is 4.65. The first kappa shape index (κ1) is 15.0. The molecule has 1 N–H and O–H groups in total. The second-order valence-electron chi connectivity index (χ2n) is 6.07. The largest absolute Gasteiger partial charge is 0.367 e. The maximum absolute atomic E-state index is 6.06. The third-order valence-electron chi connectivity index (χ3n) is 4.37. The number of thiophene rings is 1. The Labute approximate surface area is 135 Å². The number of aryl methyl sites for hydroxylation is 1. The molecule has 2 aromatic rings. The zero-order chi connectivity index (χ0) is 14.8. The lowest BCUT2D eigenvalue weighted by molar-refractivity contribution is 0.318. The van der Waals surface area contributed by atoms with Crippen molar-refractivity contribution in [2.75, 3.05) is 5.32 Å². The highest BCUT2D eigenvalue weighted by atomic mass is 35.5. The van der Waals surface area contributed by atoms with Gasteiger partial charge < -0.3 is 5.32 Å². The Balaban J connectivity index is 1.73. The first-order valence-corrected chi connectivity index (χ1v) is 9.05. The molecule has 0 bridgehead atoms. The summed E-state index contributed by atoms with van der Waals surface area (Å²) in [6, 6.07) is 2.67. The first-order chi connectivity index (χ1) is 10.2. The van der Waals surface area contributed by atoms with E-state index in [2.05, 4.69) is 35.2 Å². The molecule has 0 radical (unpaired) electrons. The van der Waals surface area contributed by atoms with E-state index in [-0.39, 0.29) is 0 Å². The maximum atomic E-state index is 6.06. The summed E-state index contributed by atoms with van der Waals surface area (Å²) in [6.45, 7) is 4.38. The molecule has 0 aromatic carbocycles. The van der Waals surface area contributed by atoms with E-state index in [4.69, 9.17) is 11.6 Å². The van der Waals surface area contributed by atoms with Gasteiger partial charge in [0.05, 0.1) is 5.39 Å². The van der Waals surface area contributed by atoms with Gasteiger partial charge in [-0.15, -0.1) is 11.3 Å². The van der Waals surface area contributed by atoms with E-state index in [0.29, 0.717) is 11.3 Å². The highest BCUT2D eigenvalue weighted by Gasteiger charge is 2.21. The molecule has 3 rings (SSSR count). The molecule has 1 aliphatic rings. The molecule has 114 valence electrons. The summed E-state index contributed by atoms with van der Waals surface area (Å²) in [7, 11) is 0. The maximum Gasteiger partial charge on any atom is 0.225 e. The van der Waals surface area contributed by atoms with Crippen molar-refractivity contribution in [1.29, 1.82) is 0 Å². The molecule has 21 heavy (non-hydrogen) atoms. The molecule has 2 heterocycles. The molecular formula is C16H22ClN3S. The average molecular weight is 324 g/mol. The highest BCUT2D eigenvalue weighted by molar-refractivity contribution is 7.18. The lowest BCUT2D eigenvalue weighted by Gasteiger charge is -2.29. The Morgan fingerprint density at radius 1 is 1.29 bits per heavy atom. The van der Waals surface area contributed by atoms with Crippen LogP contribution >= 0.6 is 22.9 Å². The lowest BCUT2D eigenvalue weighted by atomic mass is 9.83. The fourth-order valence-corrected chi connectivity index (χ4v) is 4.42. The third-order valence-corrected chi connectivity index (χ3v) is 5.49. The van der Waals surface area contributed by atoms with Crippen molar-refractivity contribution in [1.82, 2.24) is 9.97 Å². The Bertz CT molecular complexity index is 617. The van der Waals surface area contributed by atoms with Gasteiger partial charge >= 0.3 is 0 Å². The Morgan fingerprint density at radius 2 is 2.05 bits per heavy atom. The first-order valence-electron chi connectivity index (χ1n) is 7.86. The molecule has 3 nitrogen and oxygen atoms in total. The van der Waals surface area contributed by atoms with Crippen molar-refractivity contribution in [3.05, 3.63) is 16.2 Å². The SMILES string of the molecule is CCCC1CCC(Nc2nc(Cl)nc3sc(C)cc23)CC1. The standard InChI is InChI=1S/C16H22ClN3S/c1-3-4-11-5-7-12(8-6-11)18-14-13-9-10(2)21-15(13)20-16(17)19-14/h9,11-12H,3-8H2,1-2H3,(H,18,19,20). The topological polar surface area (TPSA) is 37.8 Å².